The van der Waals surface area contributed by atoms with Crippen LogP contribution in [0.15, 0.2) is 18.2 Å². The second-order valence-electron chi connectivity index (χ2n) is 4.47. The molecule has 0 unspecified atom stereocenters. The number of anilines is 2. The highest BCUT2D eigenvalue weighted by Gasteiger charge is 2.19. The van der Waals surface area contributed by atoms with Crippen LogP contribution in [0.25, 0.3) is 0 Å². The summed E-state index contributed by atoms with van der Waals surface area (Å²) in [5, 5.41) is 3.39. The van der Waals surface area contributed by atoms with Crippen LogP contribution in [-0.4, -0.2) is 13.7 Å². The molecule has 1 aliphatic rings. The van der Waals surface area contributed by atoms with Crippen molar-refractivity contribution in [1.29, 1.82) is 0 Å². The lowest BCUT2D eigenvalue weighted by Crippen LogP contribution is -2.02. The Hall–Kier alpha value is -1.38. The Kier molecular flexibility index (Phi) is 3.54. The Morgan fingerprint density at radius 1 is 1.44 bits per heavy atom. The Morgan fingerprint density at radius 2 is 2.25 bits per heavy atom. The minimum absolute atomic E-state index is 0.686. The lowest BCUT2D eigenvalue weighted by atomic mass is 10.2. The molecule has 0 aliphatic heterocycles. The molecule has 0 atom stereocenters. The van der Waals surface area contributed by atoms with Gasteiger partial charge in [-0.15, -0.1) is 0 Å². The third-order valence-electron chi connectivity index (χ3n) is 3.05. The highest BCUT2D eigenvalue weighted by atomic mass is 16.5. The number of hydrogen-bond acceptors (Lipinski definition) is 3. The quantitative estimate of drug-likeness (QED) is 0.572. The first-order chi connectivity index (χ1) is 7.79. The third kappa shape index (κ3) is 3.05. The number of nitrogens with two attached hydrogens (primary N) is 1. The van der Waals surface area contributed by atoms with Gasteiger partial charge in [-0.05, 0) is 30.9 Å². The topological polar surface area (TPSA) is 47.3 Å². The molecule has 0 spiro atoms. The van der Waals surface area contributed by atoms with Crippen molar-refractivity contribution < 1.29 is 4.74 Å². The van der Waals surface area contributed by atoms with Gasteiger partial charge in [-0.1, -0.05) is 12.8 Å². The zero-order chi connectivity index (χ0) is 11.4. The average Bonchev–Trinajstić information content (AvgIpc) is 3.10. The zero-order valence-corrected chi connectivity index (χ0v) is 9.83. The van der Waals surface area contributed by atoms with Crippen molar-refractivity contribution in [2.75, 3.05) is 24.7 Å². The number of benzene rings is 1. The van der Waals surface area contributed by atoms with E-state index in [1.165, 1.54) is 25.7 Å². The van der Waals surface area contributed by atoms with E-state index in [9.17, 15) is 0 Å². The maximum atomic E-state index is 5.75. The fourth-order valence-corrected chi connectivity index (χ4v) is 1.85. The molecule has 1 aliphatic carbocycles. The Balaban J connectivity index is 1.78. The first kappa shape index (κ1) is 11.1. The minimum Gasteiger partial charge on any atom is -0.495 e. The van der Waals surface area contributed by atoms with Crippen LogP contribution < -0.4 is 15.8 Å². The Bertz CT molecular complexity index is 348. The monoisotopic (exact) mass is 220 g/mol. The molecule has 0 saturated heterocycles. The first-order valence-corrected chi connectivity index (χ1v) is 5.97. The Morgan fingerprint density at radius 3 is 2.94 bits per heavy atom. The molecule has 3 heteroatoms. The van der Waals surface area contributed by atoms with Gasteiger partial charge in [0.2, 0.25) is 0 Å². The van der Waals surface area contributed by atoms with Crippen LogP contribution in [-0.2, 0) is 0 Å². The SMILES string of the molecule is COc1cc(NCCCC2CC2)ccc1N. The van der Waals surface area contributed by atoms with E-state index >= 15 is 0 Å². The second kappa shape index (κ2) is 5.10. The van der Waals surface area contributed by atoms with Crippen molar-refractivity contribution in [3.05, 3.63) is 18.2 Å². The number of hydrogen-bond donors (Lipinski definition) is 2. The van der Waals surface area contributed by atoms with Crippen molar-refractivity contribution in [1.82, 2.24) is 0 Å². The second-order valence-corrected chi connectivity index (χ2v) is 4.47. The van der Waals surface area contributed by atoms with Crippen LogP contribution in [0, 0.1) is 5.92 Å². The van der Waals surface area contributed by atoms with E-state index in [0.717, 1.165) is 23.9 Å². The molecule has 88 valence electrons. The number of rotatable bonds is 6. The fraction of sp³-hybridized carbons (Fsp3) is 0.538. The van der Waals surface area contributed by atoms with E-state index in [4.69, 9.17) is 10.5 Å². The van der Waals surface area contributed by atoms with E-state index in [1.807, 2.05) is 18.2 Å². The smallest absolute Gasteiger partial charge is 0.143 e. The van der Waals surface area contributed by atoms with Crippen LogP contribution in [0.4, 0.5) is 11.4 Å². The summed E-state index contributed by atoms with van der Waals surface area (Å²) in [5.74, 6) is 1.76. The summed E-state index contributed by atoms with van der Waals surface area (Å²) in [6.07, 6.45) is 5.49. The highest BCUT2D eigenvalue weighted by molar-refractivity contribution is 5.61. The predicted octanol–water partition coefficient (Wildman–Crippen LogP) is 2.88. The maximum Gasteiger partial charge on any atom is 0.143 e. The molecule has 0 bridgehead atoms. The van der Waals surface area contributed by atoms with Crippen molar-refractivity contribution in [3.8, 4) is 5.75 Å². The lowest BCUT2D eigenvalue weighted by molar-refractivity contribution is 0.417. The van der Waals surface area contributed by atoms with Crippen LogP contribution in [0.1, 0.15) is 25.7 Å². The van der Waals surface area contributed by atoms with E-state index < -0.39 is 0 Å². The zero-order valence-electron chi connectivity index (χ0n) is 9.83. The molecule has 3 N–H and O–H groups in total. The van der Waals surface area contributed by atoms with Gasteiger partial charge in [-0.2, -0.15) is 0 Å². The largest absolute Gasteiger partial charge is 0.495 e. The number of nitrogens with one attached hydrogen (secondary N) is 1. The molecule has 1 aromatic rings. The lowest BCUT2D eigenvalue weighted by Gasteiger charge is -2.09. The summed E-state index contributed by atoms with van der Waals surface area (Å²) in [7, 11) is 1.64. The van der Waals surface area contributed by atoms with Gasteiger partial charge in [0.15, 0.2) is 0 Å². The highest BCUT2D eigenvalue weighted by Crippen LogP contribution is 2.33. The molecule has 1 fully saturated rings. The van der Waals surface area contributed by atoms with Crippen LogP contribution in [0.3, 0.4) is 0 Å². The van der Waals surface area contributed by atoms with Gasteiger partial charge in [-0.25, -0.2) is 0 Å². The minimum atomic E-state index is 0.686. The van der Waals surface area contributed by atoms with Gasteiger partial charge >= 0.3 is 0 Å². The van der Waals surface area contributed by atoms with Crippen molar-refractivity contribution in [2.24, 2.45) is 5.92 Å². The molecule has 0 amide bonds. The summed E-state index contributed by atoms with van der Waals surface area (Å²) < 4.78 is 5.18. The molecule has 1 aromatic carbocycles. The van der Waals surface area contributed by atoms with Crippen LogP contribution in [0.2, 0.25) is 0 Å². The molecular formula is C13H20N2O. The van der Waals surface area contributed by atoms with Crippen molar-refractivity contribution >= 4 is 11.4 Å². The molecule has 0 heterocycles. The number of methoxy groups -OCH3 is 1. The summed E-state index contributed by atoms with van der Waals surface area (Å²) in [5.41, 5.74) is 7.52. The molecular weight excluding hydrogens is 200 g/mol. The van der Waals surface area contributed by atoms with Gasteiger partial charge in [0, 0.05) is 18.3 Å². The summed E-state index contributed by atoms with van der Waals surface area (Å²) in [6.45, 7) is 1.03. The van der Waals surface area contributed by atoms with Gasteiger partial charge in [0.25, 0.3) is 0 Å². The Labute approximate surface area is 97.0 Å². The van der Waals surface area contributed by atoms with Gasteiger partial charge in [-0.3, -0.25) is 0 Å². The number of ether oxygens (including phenoxy) is 1. The van der Waals surface area contributed by atoms with E-state index in [-0.39, 0.29) is 0 Å². The molecule has 3 nitrogen and oxygen atoms in total. The van der Waals surface area contributed by atoms with E-state index in [2.05, 4.69) is 5.32 Å². The normalized spacial score (nSPS) is 14.8. The predicted molar refractivity (Wildman–Crippen MR) is 67.9 cm³/mol. The van der Waals surface area contributed by atoms with Gasteiger partial charge in [0.05, 0.1) is 12.8 Å². The van der Waals surface area contributed by atoms with E-state index in [0.29, 0.717) is 5.69 Å². The van der Waals surface area contributed by atoms with Gasteiger partial charge in [0.1, 0.15) is 5.75 Å². The fourth-order valence-electron chi connectivity index (χ4n) is 1.85. The average molecular weight is 220 g/mol. The molecule has 1 saturated carbocycles. The van der Waals surface area contributed by atoms with Crippen molar-refractivity contribution in [3.63, 3.8) is 0 Å². The van der Waals surface area contributed by atoms with Crippen molar-refractivity contribution in [2.45, 2.75) is 25.7 Å². The summed E-state index contributed by atoms with van der Waals surface area (Å²) in [4.78, 5) is 0. The van der Waals surface area contributed by atoms with Crippen LogP contribution in [0.5, 0.6) is 5.75 Å². The summed E-state index contributed by atoms with van der Waals surface area (Å²) in [6, 6.07) is 5.82. The molecule has 16 heavy (non-hydrogen) atoms. The maximum absolute atomic E-state index is 5.75. The number of nitrogen functional groups attached to an aromatic ring is 1. The molecule has 0 aromatic heterocycles. The van der Waals surface area contributed by atoms with Gasteiger partial charge < -0.3 is 15.8 Å². The third-order valence-corrected chi connectivity index (χ3v) is 3.05. The molecule has 0 radical (unpaired) electrons. The van der Waals surface area contributed by atoms with Crippen LogP contribution >= 0.6 is 0 Å². The first-order valence-electron chi connectivity index (χ1n) is 5.97. The molecule has 2 rings (SSSR count). The summed E-state index contributed by atoms with van der Waals surface area (Å²) >= 11 is 0. The standard InChI is InChI=1S/C13H20N2O/c1-16-13-9-11(6-7-12(13)14)15-8-2-3-10-4-5-10/h6-7,9-10,15H,2-5,8,14H2,1H3. The van der Waals surface area contributed by atoms with E-state index in [1.54, 1.807) is 7.11 Å².